The summed E-state index contributed by atoms with van der Waals surface area (Å²) in [5, 5.41) is 3.60. The molecule has 130 valence electrons. The number of hydrogen-bond donors (Lipinski definition) is 1. The molecule has 1 heterocycles. The van der Waals surface area contributed by atoms with Crippen LogP contribution in [0.5, 0.6) is 0 Å². The van der Waals surface area contributed by atoms with Gasteiger partial charge in [-0.1, -0.05) is 18.2 Å². The maximum Gasteiger partial charge on any atom is 0.416 e. The molecule has 2 nitrogen and oxygen atoms in total. The van der Waals surface area contributed by atoms with E-state index in [-0.39, 0.29) is 12.4 Å². The molecule has 0 spiro atoms. The van der Waals surface area contributed by atoms with Gasteiger partial charge in [-0.3, -0.25) is 4.90 Å². The second-order valence-electron chi connectivity index (χ2n) is 6.56. The molecule has 1 N–H and O–H groups in total. The fourth-order valence-electron chi connectivity index (χ4n) is 3.13. The maximum absolute atomic E-state index is 13.0. The van der Waals surface area contributed by atoms with Gasteiger partial charge >= 0.3 is 6.18 Å². The van der Waals surface area contributed by atoms with Gasteiger partial charge < -0.3 is 5.32 Å². The van der Waals surface area contributed by atoms with Crippen molar-refractivity contribution in [1.29, 1.82) is 0 Å². The van der Waals surface area contributed by atoms with E-state index in [1.807, 2.05) is 0 Å². The van der Waals surface area contributed by atoms with Gasteiger partial charge in [0.15, 0.2) is 0 Å². The number of halogens is 4. The zero-order chi connectivity index (χ0) is 15.6. The number of hydrogen-bond acceptors (Lipinski definition) is 2. The van der Waals surface area contributed by atoms with Gasteiger partial charge in [0.2, 0.25) is 0 Å². The van der Waals surface area contributed by atoms with Crippen LogP contribution in [0.3, 0.4) is 0 Å². The first-order chi connectivity index (χ1) is 10.5. The normalized spacial score (nSPS) is 20.3. The maximum atomic E-state index is 13.0. The van der Waals surface area contributed by atoms with Crippen LogP contribution in [0.15, 0.2) is 24.3 Å². The Labute approximate surface area is 141 Å². The number of nitrogens with zero attached hydrogens (tertiary/aromatic N) is 1. The second-order valence-corrected chi connectivity index (χ2v) is 6.56. The molecule has 6 heteroatoms. The zero-order valence-electron chi connectivity index (χ0n) is 13.1. The second kappa shape index (κ2) is 7.86. The Morgan fingerprint density at radius 2 is 1.70 bits per heavy atom. The number of likely N-dealkylation sites (tertiary alicyclic amines) is 1. The first-order valence-electron chi connectivity index (χ1n) is 8.13. The van der Waals surface area contributed by atoms with Crippen LogP contribution in [0.25, 0.3) is 0 Å². The lowest BCUT2D eigenvalue weighted by atomic mass is 10.0. The molecule has 0 radical (unpaired) electrons. The van der Waals surface area contributed by atoms with Crippen LogP contribution in [0, 0.1) is 5.92 Å². The molecule has 1 aromatic rings. The van der Waals surface area contributed by atoms with Crippen LogP contribution in [0.1, 0.15) is 36.8 Å². The highest BCUT2D eigenvalue weighted by atomic mass is 35.5. The number of rotatable bonds is 5. The molecule has 2 aliphatic rings. The van der Waals surface area contributed by atoms with Crippen molar-refractivity contribution in [3.63, 3.8) is 0 Å². The molecular formula is C17H24ClF3N2. The van der Waals surface area contributed by atoms with Crippen molar-refractivity contribution in [3.05, 3.63) is 35.4 Å². The highest BCUT2D eigenvalue weighted by molar-refractivity contribution is 5.85. The van der Waals surface area contributed by atoms with E-state index in [2.05, 4.69) is 10.2 Å². The predicted octanol–water partition coefficient (Wildman–Crippen LogP) is 4.09. The van der Waals surface area contributed by atoms with Crippen LogP contribution >= 0.6 is 12.4 Å². The predicted molar refractivity (Wildman–Crippen MR) is 87.7 cm³/mol. The van der Waals surface area contributed by atoms with Crippen molar-refractivity contribution in [2.45, 2.75) is 44.4 Å². The molecule has 3 rings (SSSR count). The monoisotopic (exact) mass is 348 g/mol. The van der Waals surface area contributed by atoms with E-state index in [1.165, 1.54) is 25.0 Å². The number of piperidine rings is 1. The zero-order valence-corrected chi connectivity index (χ0v) is 13.9. The Bertz CT molecular complexity index is 495. The molecule has 2 fully saturated rings. The van der Waals surface area contributed by atoms with Crippen LogP contribution in [0.4, 0.5) is 13.2 Å². The van der Waals surface area contributed by atoms with E-state index in [1.54, 1.807) is 12.1 Å². The van der Waals surface area contributed by atoms with Gasteiger partial charge in [-0.25, -0.2) is 0 Å². The number of alkyl halides is 3. The Kier molecular flexibility index (Phi) is 6.34. The van der Waals surface area contributed by atoms with Crippen molar-refractivity contribution in [2.24, 2.45) is 5.92 Å². The molecule has 1 aromatic carbocycles. The summed E-state index contributed by atoms with van der Waals surface area (Å²) in [4.78, 5) is 2.14. The average molecular weight is 349 g/mol. The Morgan fingerprint density at radius 3 is 2.30 bits per heavy atom. The minimum Gasteiger partial charge on any atom is -0.314 e. The number of nitrogens with one attached hydrogen (secondary N) is 1. The van der Waals surface area contributed by atoms with Gasteiger partial charge in [0.1, 0.15) is 0 Å². The standard InChI is InChI=1S/C17H23F3N2.ClH/c18-17(19,20)16-4-2-1-3-14(16)12-22-9-7-15(8-10-22)21-11-13-5-6-13;/h1-4,13,15,21H,5-12H2;1H. The molecule has 0 bridgehead atoms. The van der Waals surface area contributed by atoms with E-state index >= 15 is 0 Å². The Hall–Kier alpha value is -0.780. The van der Waals surface area contributed by atoms with Crippen molar-refractivity contribution < 1.29 is 13.2 Å². The summed E-state index contributed by atoms with van der Waals surface area (Å²) >= 11 is 0. The molecule has 1 aliphatic carbocycles. The molecule has 0 unspecified atom stereocenters. The minimum absolute atomic E-state index is 0. The molecule has 1 saturated carbocycles. The van der Waals surface area contributed by atoms with E-state index < -0.39 is 11.7 Å². The van der Waals surface area contributed by atoms with Gasteiger partial charge in [0, 0.05) is 12.6 Å². The van der Waals surface area contributed by atoms with Crippen molar-refractivity contribution >= 4 is 12.4 Å². The lowest BCUT2D eigenvalue weighted by molar-refractivity contribution is -0.138. The van der Waals surface area contributed by atoms with Crippen LogP contribution < -0.4 is 5.32 Å². The van der Waals surface area contributed by atoms with E-state index in [4.69, 9.17) is 0 Å². The van der Waals surface area contributed by atoms with E-state index in [0.717, 1.165) is 38.4 Å². The lowest BCUT2D eigenvalue weighted by Gasteiger charge is -2.33. The number of benzene rings is 1. The topological polar surface area (TPSA) is 15.3 Å². The van der Waals surface area contributed by atoms with Crippen LogP contribution in [-0.4, -0.2) is 30.6 Å². The lowest BCUT2D eigenvalue weighted by Crippen LogP contribution is -2.42. The fourth-order valence-corrected chi connectivity index (χ4v) is 3.13. The molecule has 0 atom stereocenters. The first kappa shape index (κ1) is 18.6. The van der Waals surface area contributed by atoms with E-state index in [9.17, 15) is 13.2 Å². The molecule has 0 amide bonds. The van der Waals surface area contributed by atoms with Gasteiger partial charge in [-0.2, -0.15) is 13.2 Å². The fraction of sp³-hybridized carbons (Fsp3) is 0.647. The smallest absolute Gasteiger partial charge is 0.314 e. The van der Waals surface area contributed by atoms with Gasteiger partial charge in [-0.05, 0) is 62.9 Å². The van der Waals surface area contributed by atoms with E-state index in [0.29, 0.717) is 18.2 Å². The third kappa shape index (κ3) is 5.37. The van der Waals surface area contributed by atoms with Gasteiger partial charge in [0.05, 0.1) is 5.56 Å². The summed E-state index contributed by atoms with van der Waals surface area (Å²) in [6, 6.07) is 6.46. The molecule has 1 aliphatic heterocycles. The first-order valence-corrected chi connectivity index (χ1v) is 8.13. The minimum atomic E-state index is -4.26. The van der Waals surface area contributed by atoms with Crippen molar-refractivity contribution in [2.75, 3.05) is 19.6 Å². The average Bonchev–Trinajstić information content (AvgIpc) is 3.30. The highest BCUT2D eigenvalue weighted by Crippen LogP contribution is 2.33. The third-order valence-corrected chi connectivity index (χ3v) is 4.70. The summed E-state index contributed by atoms with van der Waals surface area (Å²) in [7, 11) is 0. The summed E-state index contributed by atoms with van der Waals surface area (Å²) in [5.74, 6) is 0.872. The Balaban J connectivity index is 0.00000192. The van der Waals surface area contributed by atoms with Crippen LogP contribution in [-0.2, 0) is 12.7 Å². The summed E-state index contributed by atoms with van der Waals surface area (Å²) < 4.78 is 39.1. The summed E-state index contributed by atoms with van der Waals surface area (Å²) in [5.41, 5.74) is -0.108. The third-order valence-electron chi connectivity index (χ3n) is 4.70. The van der Waals surface area contributed by atoms with Gasteiger partial charge in [-0.15, -0.1) is 12.4 Å². The Morgan fingerprint density at radius 1 is 1.04 bits per heavy atom. The van der Waals surface area contributed by atoms with Crippen molar-refractivity contribution in [1.82, 2.24) is 10.2 Å². The largest absolute Gasteiger partial charge is 0.416 e. The molecule has 1 saturated heterocycles. The highest BCUT2D eigenvalue weighted by Gasteiger charge is 2.33. The SMILES string of the molecule is Cl.FC(F)(F)c1ccccc1CN1CCC(NCC2CC2)CC1. The molecule has 23 heavy (non-hydrogen) atoms. The summed E-state index contributed by atoms with van der Waals surface area (Å²) in [6.07, 6.45) is 0.489. The van der Waals surface area contributed by atoms with Gasteiger partial charge in [0.25, 0.3) is 0 Å². The van der Waals surface area contributed by atoms with Crippen molar-refractivity contribution in [3.8, 4) is 0 Å². The molecule has 0 aromatic heterocycles. The molecular weight excluding hydrogens is 325 g/mol. The quantitative estimate of drug-likeness (QED) is 0.862. The van der Waals surface area contributed by atoms with Crippen LogP contribution in [0.2, 0.25) is 0 Å². The summed E-state index contributed by atoms with van der Waals surface area (Å²) in [6.45, 7) is 3.25.